The largest absolute Gasteiger partial charge is 0.476 e. The normalized spacial score (nSPS) is 19.1. The number of nitrogens with zero attached hydrogens (tertiary/aromatic N) is 2. The van der Waals surface area contributed by atoms with Gasteiger partial charge < -0.3 is 10.1 Å². The average molecular weight is 272 g/mol. The lowest BCUT2D eigenvalue weighted by atomic mass is 10.0. The fraction of sp³-hybridized carbons (Fsp3) is 0.692. The van der Waals surface area contributed by atoms with Crippen molar-refractivity contribution in [3.8, 4) is 5.88 Å². The zero-order valence-corrected chi connectivity index (χ0v) is 11.7. The molecule has 0 spiro atoms. The summed E-state index contributed by atoms with van der Waals surface area (Å²) in [6.45, 7) is 3.83. The van der Waals surface area contributed by atoms with E-state index in [0.717, 1.165) is 18.7 Å². The Bertz CT molecular complexity index is 343. The Kier molecular flexibility index (Phi) is 6.98. The summed E-state index contributed by atoms with van der Waals surface area (Å²) in [5, 5.41) is 3.55. The van der Waals surface area contributed by atoms with Crippen LogP contribution < -0.4 is 10.1 Å². The summed E-state index contributed by atoms with van der Waals surface area (Å²) in [7, 11) is 0. The lowest BCUT2D eigenvalue weighted by Gasteiger charge is -2.23. The predicted octanol–water partition coefficient (Wildman–Crippen LogP) is 2.51. The van der Waals surface area contributed by atoms with Gasteiger partial charge in [-0.05, 0) is 39.2 Å². The van der Waals surface area contributed by atoms with Gasteiger partial charge in [0.1, 0.15) is 0 Å². The average Bonchev–Trinajstić information content (AvgIpc) is 2.38. The molecule has 18 heavy (non-hydrogen) atoms. The van der Waals surface area contributed by atoms with Crippen LogP contribution in [0.1, 0.15) is 37.8 Å². The molecule has 1 fully saturated rings. The van der Waals surface area contributed by atoms with Gasteiger partial charge in [0.05, 0.1) is 12.3 Å². The lowest BCUT2D eigenvalue weighted by molar-refractivity contribution is 0.274. The highest BCUT2D eigenvalue weighted by molar-refractivity contribution is 5.85. The van der Waals surface area contributed by atoms with Crippen LogP contribution in [0.4, 0.5) is 0 Å². The number of aromatic nitrogens is 2. The molecule has 0 saturated carbocycles. The predicted molar refractivity (Wildman–Crippen MR) is 74.4 cm³/mol. The molecule has 0 bridgehead atoms. The van der Waals surface area contributed by atoms with Gasteiger partial charge in [-0.25, -0.2) is 4.98 Å². The van der Waals surface area contributed by atoms with Crippen LogP contribution in [0.5, 0.6) is 5.88 Å². The molecule has 5 heteroatoms. The van der Waals surface area contributed by atoms with Gasteiger partial charge in [0, 0.05) is 18.4 Å². The Balaban J connectivity index is 0.00000162. The quantitative estimate of drug-likeness (QED) is 0.836. The number of rotatable bonds is 5. The van der Waals surface area contributed by atoms with Crippen molar-refractivity contribution in [3.63, 3.8) is 0 Å². The molecular formula is C13H22ClN3O. The maximum absolute atomic E-state index is 5.63. The van der Waals surface area contributed by atoms with Gasteiger partial charge in [0.2, 0.25) is 5.88 Å². The Labute approximate surface area is 115 Å². The Morgan fingerprint density at radius 3 is 2.89 bits per heavy atom. The van der Waals surface area contributed by atoms with Gasteiger partial charge in [0.25, 0.3) is 0 Å². The van der Waals surface area contributed by atoms with Crippen molar-refractivity contribution in [3.05, 3.63) is 18.1 Å². The molecule has 1 saturated heterocycles. The molecule has 0 aliphatic carbocycles. The third-order valence-corrected chi connectivity index (χ3v) is 3.18. The summed E-state index contributed by atoms with van der Waals surface area (Å²) in [5.41, 5.74) is 0.864. The van der Waals surface area contributed by atoms with Crippen molar-refractivity contribution >= 4 is 12.4 Å². The zero-order chi connectivity index (χ0) is 11.9. The van der Waals surface area contributed by atoms with E-state index < -0.39 is 0 Å². The molecule has 0 amide bonds. The molecule has 1 unspecified atom stereocenters. The molecule has 1 aromatic heterocycles. The first-order valence-electron chi connectivity index (χ1n) is 6.50. The van der Waals surface area contributed by atoms with Crippen LogP contribution in [-0.4, -0.2) is 29.2 Å². The van der Waals surface area contributed by atoms with E-state index in [-0.39, 0.29) is 12.4 Å². The van der Waals surface area contributed by atoms with E-state index in [1.165, 1.54) is 32.2 Å². The van der Waals surface area contributed by atoms with Crippen molar-refractivity contribution in [1.82, 2.24) is 15.3 Å². The van der Waals surface area contributed by atoms with Crippen LogP contribution in [0.25, 0.3) is 0 Å². The molecule has 1 aliphatic heterocycles. The van der Waals surface area contributed by atoms with Gasteiger partial charge in [-0.3, -0.25) is 4.98 Å². The first kappa shape index (κ1) is 15.2. The Morgan fingerprint density at radius 1 is 1.33 bits per heavy atom. The van der Waals surface area contributed by atoms with E-state index in [4.69, 9.17) is 4.74 Å². The van der Waals surface area contributed by atoms with E-state index in [0.29, 0.717) is 11.9 Å². The molecule has 0 radical (unpaired) electrons. The van der Waals surface area contributed by atoms with E-state index in [2.05, 4.69) is 15.3 Å². The van der Waals surface area contributed by atoms with Crippen LogP contribution in [0, 0.1) is 6.92 Å². The summed E-state index contributed by atoms with van der Waals surface area (Å²) >= 11 is 0. The standard InChI is InChI=1S/C13H21N3O.ClH/c1-11-13(16-9-8-14-11)17-10-4-6-12-5-2-3-7-15-12;/h8-9,12,15H,2-7,10H2,1H3;1H. The molecule has 2 heterocycles. The SMILES string of the molecule is Cc1nccnc1OCCCC1CCCCN1.Cl. The molecule has 102 valence electrons. The van der Waals surface area contributed by atoms with Gasteiger partial charge in [0.15, 0.2) is 0 Å². The number of aryl methyl sites for hydroxylation is 1. The first-order valence-corrected chi connectivity index (χ1v) is 6.50. The van der Waals surface area contributed by atoms with Crippen molar-refractivity contribution < 1.29 is 4.74 Å². The zero-order valence-electron chi connectivity index (χ0n) is 10.9. The molecule has 1 N–H and O–H groups in total. The summed E-state index contributed by atoms with van der Waals surface area (Å²) < 4.78 is 5.63. The topological polar surface area (TPSA) is 47.0 Å². The van der Waals surface area contributed by atoms with Gasteiger partial charge in [-0.15, -0.1) is 12.4 Å². The van der Waals surface area contributed by atoms with Crippen molar-refractivity contribution in [2.75, 3.05) is 13.2 Å². The second kappa shape index (κ2) is 8.27. The molecule has 1 aliphatic rings. The van der Waals surface area contributed by atoms with Gasteiger partial charge in [-0.1, -0.05) is 6.42 Å². The first-order chi connectivity index (χ1) is 8.36. The molecule has 1 atom stereocenters. The summed E-state index contributed by atoms with van der Waals surface area (Å²) in [6, 6.07) is 0.690. The van der Waals surface area contributed by atoms with Crippen molar-refractivity contribution in [2.24, 2.45) is 0 Å². The maximum atomic E-state index is 5.63. The summed E-state index contributed by atoms with van der Waals surface area (Å²) in [6.07, 6.45) is 9.63. The smallest absolute Gasteiger partial charge is 0.235 e. The minimum absolute atomic E-state index is 0. The summed E-state index contributed by atoms with van der Waals surface area (Å²) in [5.74, 6) is 0.670. The van der Waals surface area contributed by atoms with E-state index in [1.807, 2.05) is 6.92 Å². The second-order valence-corrected chi connectivity index (χ2v) is 4.58. The van der Waals surface area contributed by atoms with E-state index in [1.54, 1.807) is 12.4 Å². The number of ether oxygens (including phenoxy) is 1. The molecule has 0 aromatic carbocycles. The number of nitrogens with one attached hydrogen (secondary N) is 1. The Morgan fingerprint density at radius 2 is 2.17 bits per heavy atom. The monoisotopic (exact) mass is 271 g/mol. The minimum atomic E-state index is 0. The third kappa shape index (κ3) is 4.78. The van der Waals surface area contributed by atoms with Crippen molar-refractivity contribution in [1.29, 1.82) is 0 Å². The minimum Gasteiger partial charge on any atom is -0.476 e. The van der Waals surface area contributed by atoms with Gasteiger partial charge in [-0.2, -0.15) is 0 Å². The van der Waals surface area contributed by atoms with Crippen LogP contribution in [0.15, 0.2) is 12.4 Å². The van der Waals surface area contributed by atoms with Crippen LogP contribution in [-0.2, 0) is 0 Å². The molecule has 4 nitrogen and oxygen atoms in total. The lowest BCUT2D eigenvalue weighted by Crippen LogP contribution is -2.34. The molecule has 1 aromatic rings. The van der Waals surface area contributed by atoms with Crippen LogP contribution >= 0.6 is 12.4 Å². The highest BCUT2D eigenvalue weighted by Gasteiger charge is 2.11. The van der Waals surface area contributed by atoms with E-state index >= 15 is 0 Å². The highest BCUT2D eigenvalue weighted by Crippen LogP contribution is 2.13. The number of piperidine rings is 1. The maximum Gasteiger partial charge on any atom is 0.235 e. The fourth-order valence-corrected chi connectivity index (χ4v) is 2.21. The third-order valence-electron chi connectivity index (χ3n) is 3.18. The van der Waals surface area contributed by atoms with E-state index in [9.17, 15) is 0 Å². The van der Waals surface area contributed by atoms with Crippen LogP contribution in [0.2, 0.25) is 0 Å². The number of hydrogen-bond donors (Lipinski definition) is 1. The molecule has 2 rings (SSSR count). The second-order valence-electron chi connectivity index (χ2n) is 4.58. The van der Waals surface area contributed by atoms with Crippen molar-refractivity contribution in [2.45, 2.75) is 45.1 Å². The Hall–Kier alpha value is -0.870. The number of hydrogen-bond acceptors (Lipinski definition) is 4. The number of halogens is 1. The van der Waals surface area contributed by atoms with Crippen LogP contribution in [0.3, 0.4) is 0 Å². The fourth-order valence-electron chi connectivity index (χ4n) is 2.21. The highest BCUT2D eigenvalue weighted by atomic mass is 35.5. The van der Waals surface area contributed by atoms with Gasteiger partial charge >= 0.3 is 0 Å². The molecular weight excluding hydrogens is 250 g/mol. The summed E-state index contributed by atoms with van der Waals surface area (Å²) in [4.78, 5) is 8.31.